The van der Waals surface area contributed by atoms with Gasteiger partial charge in [0.1, 0.15) is 0 Å². The minimum absolute atomic E-state index is 0.0705. The lowest BCUT2D eigenvalue weighted by Gasteiger charge is -2.33. The maximum Gasteiger partial charge on any atom is 0.239 e. The molecule has 1 aliphatic carbocycles. The summed E-state index contributed by atoms with van der Waals surface area (Å²) in [6.45, 7) is 5.87. The molecule has 3 N–H and O–H groups in total. The van der Waals surface area contributed by atoms with Crippen molar-refractivity contribution in [2.75, 3.05) is 26.2 Å². The Morgan fingerprint density at radius 2 is 1.85 bits per heavy atom. The molecule has 0 radical (unpaired) electrons. The second-order valence-corrected chi connectivity index (χ2v) is 5.77. The van der Waals surface area contributed by atoms with E-state index in [0.717, 1.165) is 38.5 Å². The molecule has 5 heteroatoms. The van der Waals surface area contributed by atoms with Gasteiger partial charge in [0.05, 0.1) is 12.0 Å². The highest BCUT2D eigenvalue weighted by molar-refractivity contribution is 5.88. The van der Waals surface area contributed by atoms with E-state index in [1.165, 1.54) is 0 Å². The van der Waals surface area contributed by atoms with Crippen LogP contribution in [-0.4, -0.2) is 42.9 Å². The smallest absolute Gasteiger partial charge is 0.239 e. The fourth-order valence-corrected chi connectivity index (χ4v) is 2.91. The van der Waals surface area contributed by atoms with Crippen LogP contribution >= 0.6 is 0 Å². The van der Waals surface area contributed by atoms with E-state index in [0.29, 0.717) is 19.6 Å². The predicted octanol–water partition coefficient (Wildman–Crippen LogP) is 1.27. The Labute approximate surface area is 122 Å². The van der Waals surface area contributed by atoms with Crippen LogP contribution in [0.3, 0.4) is 0 Å². The highest BCUT2D eigenvalue weighted by Crippen LogP contribution is 2.38. The van der Waals surface area contributed by atoms with Crippen molar-refractivity contribution in [2.45, 2.75) is 52.4 Å². The third kappa shape index (κ3) is 4.20. The van der Waals surface area contributed by atoms with Gasteiger partial charge in [0.2, 0.25) is 11.8 Å². The molecule has 1 aliphatic rings. The Bertz CT molecular complexity index is 325. The van der Waals surface area contributed by atoms with Crippen LogP contribution in [0, 0.1) is 5.41 Å². The number of nitrogens with two attached hydrogens (primary N) is 1. The van der Waals surface area contributed by atoms with Gasteiger partial charge in [-0.3, -0.25) is 9.59 Å². The van der Waals surface area contributed by atoms with Gasteiger partial charge in [-0.25, -0.2) is 0 Å². The molecule has 0 aliphatic heterocycles. The van der Waals surface area contributed by atoms with Gasteiger partial charge in [-0.1, -0.05) is 26.7 Å². The average molecular weight is 283 g/mol. The van der Waals surface area contributed by atoms with Gasteiger partial charge in [-0.05, 0) is 25.7 Å². The first kappa shape index (κ1) is 17.0. The third-order valence-electron chi connectivity index (χ3n) is 4.09. The lowest BCUT2D eigenvalue weighted by atomic mass is 9.84. The maximum absolute atomic E-state index is 12.8. The van der Waals surface area contributed by atoms with Gasteiger partial charge < -0.3 is 16.0 Å². The number of carbonyl (C=O) groups is 2. The molecule has 0 aromatic rings. The molecular formula is C15H29N3O2. The van der Waals surface area contributed by atoms with Gasteiger partial charge in [0.25, 0.3) is 0 Å². The third-order valence-corrected chi connectivity index (χ3v) is 4.09. The summed E-state index contributed by atoms with van der Waals surface area (Å²) < 4.78 is 0. The van der Waals surface area contributed by atoms with Crippen molar-refractivity contribution in [1.82, 2.24) is 10.2 Å². The Morgan fingerprint density at radius 1 is 1.20 bits per heavy atom. The van der Waals surface area contributed by atoms with E-state index in [-0.39, 0.29) is 18.4 Å². The Hall–Kier alpha value is -1.10. The van der Waals surface area contributed by atoms with Crippen LogP contribution in [0.4, 0.5) is 0 Å². The van der Waals surface area contributed by atoms with Crippen LogP contribution in [0.5, 0.6) is 0 Å². The molecular weight excluding hydrogens is 254 g/mol. The van der Waals surface area contributed by atoms with E-state index in [2.05, 4.69) is 5.32 Å². The summed E-state index contributed by atoms with van der Waals surface area (Å²) in [7, 11) is 0. The average Bonchev–Trinajstić information content (AvgIpc) is 2.94. The van der Waals surface area contributed by atoms with E-state index in [4.69, 9.17) is 5.73 Å². The molecule has 116 valence electrons. The van der Waals surface area contributed by atoms with Gasteiger partial charge in [0, 0.05) is 19.6 Å². The molecule has 1 rings (SSSR count). The van der Waals surface area contributed by atoms with Crippen LogP contribution in [-0.2, 0) is 9.59 Å². The zero-order valence-electron chi connectivity index (χ0n) is 12.9. The normalized spacial score (nSPS) is 16.9. The predicted molar refractivity (Wildman–Crippen MR) is 80.1 cm³/mol. The summed E-state index contributed by atoms with van der Waals surface area (Å²) >= 11 is 0. The van der Waals surface area contributed by atoms with Crippen LogP contribution in [0.25, 0.3) is 0 Å². The lowest BCUT2D eigenvalue weighted by Crippen LogP contribution is -2.50. The van der Waals surface area contributed by atoms with Crippen molar-refractivity contribution in [3.63, 3.8) is 0 Å². The summed E-state index contributed by atoms with van der Waals surface area (Å²) in [5, 5.41) is 2.83. The van der Waals surface area contributed by atoms with Crippen LogP contribution < -0.4 is 11.1 Å². The van der Waals surface area contributed by atoms with E-state index in [1.807, 2.05) is 13.8 Å². The molecule has 0 spiro atoms. The fourth-order valence-electron chi connectivity index (χ4n) is 2.91. The maximum atomic E-state index is 12.8. The number of hydrogen-bond donors (Lipinski definition) is 2. The topological polar surface area (TPSA) is 75.4 Å². The highest BCUT2D eigenvalue weighted by atomic mass is 16.2. The monoisotopic (exact) mass is 283 g/mol. The highest BCUT2D eigenvalue weighted by Gasteiger charge is 2.42. The van der Waals surface area contributed by atoms with Crippen LogP contribution in [0.2, 0.25) is 0 Å². The second kappa shape index (κ2) is 8.25. The summed E-state index contributed by atoms with van der Waals surface area (Å²) in [5.41, 5.74) is 5.45. The van der Waals surface area contributed by atoms with Crippen molar-refractivity contribution in [3.05, 3.63) is 0 Å². The zero-order valence-corrected chi connectivity index (χ0v) is 12.9. The number of hydrogen-bond acceptors (Lipinski definition) is 3. The molecule has 2 amide bonds. The fraction of sp³-hybridized carbons (Fsp3) is 0.867. The number of amides is 2. The largest absolute Gasteiger partial charge is 0.355 e. The van der Waals surface area contributed by atoms with E-state index in [9.17, 15) is 9.59 Å². The molecule has 0 bridgehead atoms. The number of carbonyl (C=O) groups excluding carboxylic acids is 2. The molecule has 0 saturated heterocycles. The lowest BCUT2D eigenvalue weighted by molar-refractivity contribution is -0.144. The molecule has 0 aromatic heterocycles. The zero-order chi connectivity index (χ0) is 15.0. The van der Waals surface area contributed by atoms with Crippen molar-refractivity contribution in [3.8, 4) is 0 Å². The molecule has 0 aromatic carbocycles. The molecule has 0 heterocycles. The summed E-state index contributed by atoms with van der Waals surface area (Å²) in [6, 6.07) is 0. The van der Waals surface area contributed by atoms with E-state index >= 15 is 0 Å². The summed E-state index contributed by atoms with van der Waals surface area (Å²) in [4.78, 5) is 26.3. The van der Waals surface area contributed by atoms with E-state index in [1.54, 1.807) is 4.90 Å². The SMILES string of the molecule is CCCNC(=O)CN(CCC)C(=O)C1(CN)CCCC1. The second-order valence-electron chi connectivity index (χ2n) is 5.77. The Morgan fingerprint density at radius 3 is 2.35 bits per heavy atom. The molecule has 0 atom stereocenters. The molecule has 1 fully saturated rings. The standard InChI is InChI=1S/C15H29N3O2/c1-3-9-17-13(19)11-18(10-4-2)14(20)15(12-16)7-5-6-8-15/h3-12,16H2,1-2H3,(H,17,19). The van der Waals surface area contributed by atoms with Crippen LogP contribution in [0.15, 0.2) is 0 Å². The summed E-state index contributed by atoms with van der Waals surface area (Å²) in [6.07, 6.45) is 5.60. The molecule has 1 saturated carbocycles. The van der Waals surface area contributed by atoms with Crippen LogP contribution in [0.1, 0.15) is 52.4 Å². The molecule has 5 nitrogen and oxygen atoms in total. The first-order valence-corrected chi connectivity index (χ1v) is 7.85. The molecule has 0 unspecified atom stereocenters. The minimum atomic E-state index is -0.416. The first-order chi connectivity index (χ1) is 9.59. The minimum Gasteiger partial charge on any atom is -0.355 e. The van der Waals surface area contributed by atoms with Gasteiger partial charge in [-0.2, -0.15) is 0 Å². The van der Waals surface area contributed by atoms with Crippen molar-refractivity contribution in [1.29, 1.82) is 0 Å². The van der Waals surface area contributed by atoms with E-state index < -0.39 is 5.41 Å². The van der Waals surface area contributed by atoms with Crippen molar-refractivity contribution in [2.24, 2.45) is 11.1 Å². The number of rotatable bonds is 8. The Kier molecular flexibility index (Phi) is 6.99. The molecule has 20 heavy (non-hydrogen) atoms. The summed E-state index contributed by atoms with van der Waals surface area (Å²) in [5.74, 6) is 0.00446. The van der Waals surface area contributed by atoms with Crippen molar-refractivity contribution >= 4 is 11.8 Å². The van der Waals surface area contributed by atoms with Gasteiger partial charge in [-0.15, -0.1) is 0 Å². The Balaban J connectivity index is 2.68. The van der Waals surface area contributed by atoms with Gasteiger partial charge >= 0.3 is 0 Å². The quantitative estimate of drug-likeness (QED) is 0.704. The first-order valence-electron chi connectivity index (χ1n) is 7.85. The number of nitrogens with zero attached hydrogens (tertiary/aromatic N) is 1. The van der Waals surface area contributed by atoms with Crippen molar-refractivity contribution < 1.29 is 9.59 Å². The van der Waals surface area contributed by atoms with Gasteiger partial charge in [0.15, 0.2) is 0 Å². The number of nitrogens with one attached hydrogen (secondary N) is 1.